The van der Waals surface area contributed by atoms with Crippen LogP contribution in [0.25, 0.3) is 0 Å². The van der Waals surface area contributed by atoms with E-state index in [-0.39, 0.29) is 10.8 Å². The Morgan fingerprint density at radius 2 is 2.00 bits per heavy atom. The highest BCUT2D eigenvalue weighted by Crippen LogP contribution is 2.34. The molecule has 0 heterocycles. The molecule has 1 atom stereocenters. The second-order valence-electron chi connectivity index (χ2n) is 5.14. The van der Waals surface area contributed by atoms with Crippen molar-refractivity contribution in [2.75, 3.05) is 12.3 Å². The maximum Gasteiger partial charge on any atom is 0.241 e. The smallest absolute Gasteiger partial charge is 0.241 e. The van der Waals surface area contributed by atoms with Crippen LogP contribution in [0.1, 0.15) is 17.0 Å². The van der Waals surface area contributed by atoms with Gasteiger partial charge in [0.05, 0.1) is 4.90 Å². The summed E-state index contributed by atoms with van der Waals surface area (Å²) in [5, 5.41) is 0. The van der Waals surface area contributed by atoms with E-state index in [4.69, 9.17) is 5.73 Å². The molecule has 0 aliphatic heterocycles. The predicted octanol–water partition coefficient (Wildman–Crippen LogP) is 2.65. The van der Waals surface area contributed by atoms with Gasteiger partial charge in [0, 0.05) is 22.6 Å². The second kappa shape index (κ2) is 5.44. The zero-order chi connectivity index (χ0) is 15.0. The van der Waals surface area contributed by atoms with Gasteiger partial charge < -0.3 is 5.73 Å². The maximum absolute atomic E-state index is 12.4. The molecule has 2 aromatic rings. The molecule has 2 aromatic carbocycles. The summed E-state index contributed by atoms with van der Waals surface area (Å²) < 4.78 is 27.9. The highest BCUT2D eigenvalue weighted by Gasteiger charge is 2.27. The minimum absolute atomic E-state index is 0.176. The van der Waals surface area contributed by atoms with E-state index in [0.717, 1.165) is 6.42 Å². The number of anilines is 1. The number of rotatable bonds is 4. The number of hydrogen-bond acceptors (Lipinski definition) is 3. The largest absolute Gasteiger partial charge is 0.399 e. The molecule has 0 aromatic heterocycles. The van der Waals surface area contributed by atoms with E-state index < -0.39 is 10.0 Å². The van der Waals surface area contributed by atoms with Crippen LogP contribution in [0.5, 0.6) is 0 Å². The minimum Gasteiger partial charge on any atom is -0.399 e. The number of hydrogen-bond donors (Lipinski definition) is 2. The van der Waals surface area contributed by atoms with Gasteiger partial charge in [0.2, 0.25) is 10.0 Å². The van der Waals surface area contributed by atoms with Crippen LogP contribution in [0.3, 0.4) is 0 Å². The van der Waals surface area contributed by atoms with Crippen LogP contribution in [-0.2, 0) is 16.4 Å². The third kappa shape index (κ3) is 2.84. The standard InChI is InChI=1S/C15H15BrN2O2S/c16-14-6-5-12(17)8-15(14)21(19,20)18-9-11-7-10-3-1-2-4-13(10)11/h1-6,8,11,18H,7,9,17H2. The van der Waals surface area contributed by atoms with Gasteiger partial charge in [-0.15, -0.1) is 0 Å². The van der Waals surface area contributed by atoms with Crippen molar-refractivity contribution in [2.45, 2.75) is 17.2 Å². The monoisotopic (exact) mass is 366 g/mol. The summed E-state index contributed by atoms with van der Waals surface area (Å²) in [6.45, 7) is 0.403. The fraction of sp³-hybridized carbons (Fsp3) is 0.200. The van der Waals surface area contributed by atoms with Crippen molar-refractivity contribution < 1.29 is 8.42 Å². The average Bonchev–Trinajstić information content (AvgIpc) is 2.42. The van der Waals surface area contributed by atoms with Crippen LogP contribution < -0.4 is 10.5 Å². The molecular weight excluding hydrogens is 352 g/mol. The summed E-state index contributed by atoms with van der Waals surface area (Å²) in [7, 11) is -3.56. The van der Waals surface area contributed by atoms with Gasteiger partial charge in [-0.3, -0.25) is 0 Å². The van der Waals surface area contributed by atoms with Crippen molar-refractivity contribution >= 4 is 31.6 Å². The summed E-state index contributed by atoms with van der Waals surface area (Å²) in [6.07, 6.45) is 0.913. The minimum atomic E-state index is -3.56. The SMILES string of the molecule is Nc1ccc(Br)c(S(=O)(=O)NCC2Cc3ccccc32)c1. The molecule has 6 heteroatoms. The van der Waals surface area contributed by atoms with Gasteiger partial charge in [-0.05, 0) is 51.7 Å². The van der Waals surface area contributed by atoms with E-state index in [9.17, 15) is 8.42 Å². The van der Waals surface area contributed by atoms with Crippen molar-refractivity contribution in [1.29, 1.82) is 0 Å². The van der Waals surface area contributed by atoms with Gasteiger partial charge in [-0.2, -0.15) is 0 Å². The number of halogens is 1. The molecular formula is C15H15BrN2O2S. The number of nitrogen functional groups attached to an aromatic ring is 1. The Hall–Kier alpha value is -1.37. The molecule has 0 amide bonds. The molecule has 4 nitrogen and oxygen atoms in total. The highest BCUT2D eigenvalue weighted by atomic mass is 79.9. The first-order chi connectivity index (χ1) is 9.97. The maximum atomic E-state index is 12.4. The number of nitrogens with one attached hydrogen (secondary N) is 1. The molecule has 21 heavy (non-hydrogen) atoms. The summed E-state index contributed by atoms with van der Waals surface area (Å²) in [6, 6.07) is 12.9. The van der Waals surface area contributed by atoms with E-state index >= 15 is 0 Å². The summed E-state index contributed by atoms with van der Waals surface area (Å²) >= 11 is 3.26. The normalized spacial score (nSPS) is 17.1. The van der Waals surface area contributed by atoms with E-state index in [2.05, 4.69) is 26.7 Å². The zero-order valence-corrected chi connectivity index (χ0v) is 13.6. The van der Waals surface area contributed by atoms with Gasteiger partial charge in [0.1, 0.15) is 0 Å². The van der Waals surface area contributed by atoms with Crippen LogP contribution in [0.2, 0.25) is 0 Å². The fourth-order valence-electron chi connectivity index (χ4n) is 2.56. The molecule has 0 bridgehead atoms. The van der Waals surface area contributed by atoms with Gasteiger partial charge >= 0.3 is 0 Å². The van der Waals surface area contributed by atoms with Gasteiger partial charge in [0.25, 0.3) is 0 Å². The molecule has 3 rings (SSSR count). The van der Waals surface area contributed by atoms with E-state index in [1.54, 1.807) is 12.1 Å². The first-order valence-corrected chi connectivity index (χ1v) is 8.87. The summed E-state index contributed by atoms with van der Waals surface area (Å²) in [5.41, 5.74) is 8.62. The van der Waals surface area contributed by atoms with Crippen LogP contribution in [0.15, 0.2) is 51.8 Å². The van der Waals surface area contributed by atoms with Gasteiger partial charge in [0.15, 0.2) is 0 Å². The Morgan fingerprint density at radius 3 is 2.76 bits per heavy atom. The Morgan fingerprint density at radius 1 is 1.24 bits per heavy atom. The molecule has 0 fully saturated rings. The lowest BCUT2D eigenvalue weighted by atomic mass is 9.78. The summed E-state index contributed by atoms with van der Waals surface area (Å²) in [4.78, 5) is 0.176. The zero-order valence-electron chi connectivity index (χ0n) is 11.2. The molecule has 0 spiro atoms. The van der Waals surface area contributed by atoms with Crippen LogP contribution >= 0.6 is 15.9 Å². The van der Waals surface area contributed by atoms with E-state index in [1.807, 2.05) is 18.2 Å². The number of nitrogens with two attached hydrogens (primary N) is 1. The third-order valence-corrected chi connectivity index (χ3v) is 6.14. The first kappa shape index (κ1) is 14.6. The van der Waals surface area contributed by atoms with Crippen molar-refractivity contribution in [2.24, 2.45) is 0 Å². The van der Waals surface area contributed by atoms with Gasteiger partial charge in [-0.25, -0.2) is 13.1 Å². The van der Waals surface area contributed by atoms with E-state index in [1.165, 1.54) is 17.2 Å². The topological polar surface area (TPSA) is 72.2 Å². The first-order valence-electron chi connectivity index (χ1n) is 6.60. The quantitative estimate of drug-likeness (QED) is 0.817. The second-order valence-corrected chi connectivity index (χ2v) is 7.73. The molecule has 110 valence electrons. The van der Waals surface area contributed by atoms with Crippen molar-refractivity contribution in [1.82, 2.24) is 4.72 Å². The molecule has 0 radical (unpaired) electrons. The van der Waals surface area contributed by atoms with Crippen LogP contribution in [0, 0.1) is 0 Å². The Labute approximate surface area is 132 Å². The lowest BCUT2D eigenvalue weighted by molar-refractivity contribution is 0.551. The van der Waals surface area contributed by atoms with E-state index in [0.29, 0.717) is 16.7 Å². The van der Waals surface area contributed by atoms with Crippen LogP contribution in [0.4, 0.5) is 5.69 Å². The van der Waals surface area contributed by atoms with Crippen molar-refractivity contribution in [3.8, 4) is 0 Å². The molecule has 1 aliphatic rings. The molecule has 1 aliphatic carbocycles. The van der Waals surface area contributed by atoms with Gasteiger partial charge in [-0.1, -0.05) is 24.3 Å². The summed E-state index contributed by atoms with van der Waals surface area (Å²) in [5.74, 6) is 0.246. The Kier molecular flexibility index (Phi) is 3.77. The number of fused-ring (bicyclic) bond motifs is 1. The lowest BCUT2D eigenvalue weighted by Crippen LogP contribution is -2.33. The van der Waals surface area contributed by atoms with Crippen molar-refractivity contribution in [3.63, 3.8) is 0 Å². The predicted molar refractivity (Wildman–Crippen MR) is 86.6 cm³/mol. The Balaban J connectivity index is 1.75. The van der Waals surface area contributed by atoms with Crippen molar-refractivity contribution in [3.05, 3.63) is 58.1 Å². The highest BCUT2D eigenvalue weighted by molar-refractivity contribution is 9.10. The molecule has 3 N–H and O–H groups in total. The van der Waals surface area contributed by atoms with Crippen LogP contribution in [-0.4, -0.2) is 15.0 Å². The lowest BCUT2D eigenvalue weighted by Gasteiger charge is -2.30. The fourth-order valence-corrected chi connectivity index (χ4v) is 4.64. The Bertz CT molecular complexity index is 790. The molecule has 1 unspecified atom stereocenters. The molecule has 0 saturated heterocycles. The average molecular weight is 367 g/mol. The number of sulfonamides is 1. The molecule has 0 saturated carbocycles. The number of benzene rings is 2. The third-order valence-electron chi connectivity index (χ3n) is 3.73.